The maximum Gasteiger partial charge on any atom is 0.312 e. The summed E-state index contributed by atoms with van der Waals surface area (Å²) in [7, 11) is 0. The predicted octanol–water partition coefficient (Wildman–Crippen LogP) is 5.90. The van der Waals surface area contributed by atoms with Crippen LogP contribution in [0.3, 0.4) is 0 Å². The van der Waals surface area contributed by atoms with Gasteiger partial charge in [-0.15, -0.1) is 0 Å². The molecule has 2 rings (SSSR count). The van der Waals surface area contributed by atoms with E-state index in [0.29, 0.717) is 6.42 Å². The molecule has 0 aliphatic heterocycles. The van der Waals surface area contributed by atoms with Gasteiger partial charge in [-0.2, -0.15) is 0 Å². The lowest BCUT2D eigenvalue weighted by molar-refractivity contribution is -0.160. The lowest BCUT2D eigenvalue weighted by Crippen LogP contribution is -2.33. The summed E-state index contributed by atoms with van der Waals surface area (Å²) in [5.41, 5.74) is 0.923. The van der Waals surface area contributed by atoms with Crippen molar-refractivity contribution in [3.63, 3.8) is 0 Å². The van der Waals surface area contributed by atoms with E-state index in [9.17, 15) is 9.59 Å². The molecule has 1 saturated carbocycles. The number of carbonyl (C=O) groups is 2. The minimum atomic E-state index is -0.276. The summed E-state index contributed by atoms with van der Waals surface area (Å²) < 4.78 is 5.92. The largest absolute Gasteiger partial charge is 0.461 e. The number of aryl methyl sites for hydroxylation is 1. The van der Waals surface area contributed by atoms with E-state index in [2.05, 4.69) is 26.0 Å². The van der Waals surface area contributed by atoms with Crippen molar-refractivity contribution in [2.24, 2.45) is 11.3 Å². The van der Waals surface area contributed by atoms with Crippen LogP contribution in [0.1, 0.15) is 84.1 Å². The van der Waals surface area contributed by atoms with Crippen molar-refractivity contribution >= 4 is 11.8 Å². The van der Waals surface area contributed by atoms with Crippen molar-refractivity contribution in [2.75, 3.05) is 0 Å². The van der Waals surface area contributed by atoms with Gasteiger partial charge in [0.1, 0.15) is 11.9 Å². The molecule has 0 radical (unpaired) electrons. The number of unbranched alkanes of at least 4 members (excludes halogenated alkanes) is 3. The summed E-state index contributed by atoms with van der Waals surface area (Å²) in [6.07, 6.45) is 8.99. The normalized spacial score (nSPS) is 17.1. The molecule has 1 aliphatic carbocycles. The van der Waals surface area contributed by atoms with E-state index >= 15 is 0 Å². The van der Waals surface area contributed by atoms with Crippen molar-refractivity contribution in [3.8, 4) is 0 Å². The van der Waals surface area contributed by atoms with Crippen molar-refractivity contribution in [3.05, 3.63) is 35.9 Å². The van der Waals surface area contributed by atoms with Crippen LogP contribution in [0.5, 0.6) is 0 Å². The average molecular weight is 373 g/mol. The molecule has 150 valence electrons. The number of hydrogen-bond acceptors (Lipinski definition) is 3. The van der Waals surface area contributed by atoms with Crippen LogP contribution in [0.2, 0.25) is 0 Å². The van der Waals surface area contributed by atoms with E-state index < -0.39 is 0 Å². The second-order valence-electron chi connectivity index (χ2n) is 8.17. The fourth-order valence-electron chi connectivity index (χ4n) is 3.65. The molecule has 0 heterocycles. The zero-order valence-electron chi connectivity index (χ0n) is 17.3. The van der Waals surface area contributed by atoms with E-state index in [1.54, 1.807) is 0 Å². The van der Waals surface area contributed by atoms with Crippen LogP contribution < -0.4 is 0 Å². The Morgan fingerprint density at radius 2 is 1.78 bits per heavy atom. The van der Waals surface area contributed by atoms with Gasteiger partial charge in [-0.1, -0.05) is 70.4 Å². The van der Waals surface area contributed by atoms with E-state index in [0.717, 1.165) is 44.9 Å². The number of carbonyl (C=O) groups excluding carboxylic acids is 2. The lowest BCUT2D eigenvalue weighted by atomic mass is 9.91. The van der Waals surface area contributed by atoms with Crippen molar-refractivity contribution in [1.29, 1.82) is 0 Å². The second kappa shape index (κ2) is 10.6. The topological polar surface area (TPSA) is 43.4 Å². The maximum atomic E-state index is 12.8. The molecule has 1 fully saturated rings. The third kappa shape index (κ3) is 6.48. The van der Waals surface area contributed by atoms with Crippen LogP contribution in [-0.4, -0.2) is 17.9 Å². The first-order chi connectivity index (χ1) is 13.0. The molecule has 2 atom stereocenters. The Morgan fingerprint density at radius 1 is 1.07 bits per heavy atom. The first-order valence-electron chi connectivity index (χ1n) is 10.8. The van der Waals surface area contributed by atoms with Crippen LogP contribution in [0, 0.1) is 11.3 Å². The molecule has 1 aliphatic rings. The third-order valence-electron chi connectivity index (χ3n) is 6.13. The smallest absolute Gasteiger partial charge is 0.312 e. The van der Waals surface area contributed by atoms with Crippen LogP contribution in [0.25, 0.3) is 0 Å². The second-order valence-corrected chi connectivity index (χ2v) is 8.17. The van der Waals surface area contributed by atoms with Crippen LogP contribution >= 0.6 is 0 Å². The fourth-order valence-corrected chi connectivity index (χ4v) is 3.65. The summed E-state index contributed by atoms with van der Waals surface area (Å²) >= 11 is 0. The first-order valence-corrected chi connectivity index (χ1v) is 10.8. The van der Waals surface area contributed by atoms with E-state index in [4.69, 9.17) is 4.74 Å². The highest BCUT2D eigenvalue weighted by atomic mass is 16.5. The van der Waals surface area contributed by atoms with Gasteiger partial charge in [0.2, 0.25) is 0 Å². The third-order valence-corrected chi connectivity index (χ3v) is 6.13. The van der Waals surface area contributed by atoms with Gasteiger partial charge < -0.3 is 4.74 Å². The zero-order valence-corrected chi connectivity index (χ0v) is 17.3. The Morgan fingerprint density at radius 3 is 2.37 bits per heavy atom. The molecule has 0 N–H and O–H groups in total. The molecule has 3 nitrogen and oxygen atoms in total. The minimum absolute atomic E-state index is 0.0757. The van der Waals surface area contributed by atoms with Gasteiger partial charge in [-0.25, -0.2) is 0 Å². The Hall–Kier alpha value is -1.64. The Bertz CT molecular complexity index is 589. The summed E-state index contributed by atoms with van der Waals surface area (Å²) in [4.78, 5) is 25.4. The number of hydrogen-bond donors (Lipinski definition) is 0. The monoisotopic (exact) mass is 372 g/mol. The van der Waals surface area contributed by atoms with E-state index in [1.807, 2.05) is 25.1 Å². The van der Waals surface area contributed by atoms with Gasteiger partial charge in [0.25, 0.3) is 0 Å². The predicted molar refractivity (Wildman–Crippen MR) is 110 cm³/mol. The van der Waals surface area contributed by atoms with E-state index in [1.165, 1.54) is 18.4 Å². The molecule has 1 aromatic carbocycles. The van der Waals surface area contributed by atoms with Crippen LogP contribution in [0.4, 0.5) is 0 Å². The van der Waals surface area contributed by atoms with E-state index in [-0.39, 0.29) is 29.2 Å². The van der Waals surface area contributed by atoms with Gasteiger partial charge in [0.15, 0.2) is 0 Å². The van der Waals surface area contributed by atoms with Gasteiger partial charge in [-0.05, 0) is 44.1 Å². The van der Waals surface area contributed by atoms with Crippen LogP contribution in [-0.2, 0) is 20.7 Å². The SMILES string of the molecule is CCCCCCC(OC(=O)C1(CC)CC1)C(C)C(=O)CCc1ccccc1. The molecular formula is C24H36O3. The number of rotatable bonds is 13. The van der Waals surface area contributed by atoms with Crippen molar-refractivity contribution in [1.82, 2.24) is 0 Å². The average Bonchev–Trinajstić information content (AvgIpc) is 3.50. The lowest BCUT2D eigenvalue weighted by Gasteiger charge is -2.25. The summed E-state index contributed by atoms with van der Waals surface area (Å²) in [6.45, 7) is 6.18. The number of esters is 1. The summed E-state index contributed by atoms with van der Waals surface area (Å²) in [6, 6.07) is 10.1. The quantitative estimate of drug-likeness (QED) is 0.320. The molecular weight excluding hydrogens is 336 g/mol. The number of Topliss-reactive ketones (excluding diaryl/α,β-unsaturated/α-hetero) is 1. The number of ether oxygens (including phenoxy) is 1. The highest BCUT2D eigenvalue weighted by Gasteiger charge is 2.50. The van der Waals surface area contributed by atoms with Crippen molar-refractivity contribution < 1.29 is 14.3 Å². The molecule has 0 amide bonds. The molecule has 0 spiro atoms. The van der Waals surface area contributed by atoms with Gasteiger partial charge >= 0.3 is 5.97 Å². The maximum absolute atomic E-state index is 12.8. The molecule has 0 saturated heterocycles. The molecule has 1 aromatic rings. The molecule has 2 unspecified atom stereocenters. The molecule has 0 aromatic heterocycles. The zero-order chi connectivity index (χ0) is 19.7. The standard InChI is InChI=1S/C24H36O3/c1-4-6-7-11-14-22(27-23(26)24(5-2)17-18-24)19(3)21(25)16-15-20-12-9-8-10-13-20/h8-10,12-13,19,22H,4-7,11,14-18H2,1-3H3. The van der Waals surface area contributed by atoms with Gasteiger partial charge in [-0.3, -0.25) is 9.59 Å². The number of ketones is 1. The minimum Gasteiger partial charge on any atom is -0.461 e. The van der Waals surface area contributed by atoms with Gasteiger partial charge in [0.05, 0.1) is 11.3 Å². The Labute approximate surface area is 164 Å². The Kier molecular flexibility index (Phi) is 8.53. The molecule has 27 heavy (non-hydrogen) atoms. The fraction of sp³-hybridized carbons (Fsp3) is 0.667. The first kappa shape index (κ1) is 21.7. The highest BCUT2D eigenvalue weighted by Crippen LogP contribution is 2.50. The summed E-state index contributed by atoms with van der Waals surface area (Å²) in [5.74, 6) is -0.103. The van der Waals surface area contributed by atoms with Crippen molar-refractivity contribution in [2.45, 2.75) is 91.1 Å². The Balaban J connectivity index is 1.92. The number of benzene rings is 1. The summed E-state index contributed by atoms with van der Waals surface area (Å²) in [5, 5.41) is 0. The molecule has 0 bridgehead atoms. The van der Waals surface area contributed by atoms with Gasteiger partial charge in [0, 0.05) is 6.42 Å². The molecule has 3 heteroatoms. The van der Waals surface area contributed by atoms with Crippen LogP contribution in [0.15, 0.2) is 30.3 Å². The highest BCUT2D eigenvalue weighted by molar-refractivity contribution is 5.83.